The molecule has 1 N–H and O–H groups in total. The molecule has 1 heterocycles. The third kappa shape index (κ3) is 4.01. The van der Waals surface area contributed by atoms with E-state index in [2.05, 4.69) is 68.2 Å². The van der Waals surface area contributed by atoms with Gasteiger partial charge in [0, 0.05) is 37.6 Å². The van der Waals surface area contributed by atoms with E-state index in [9.17, 15) is 4.79 Å². The molecule has 0 bridgehead atoms. The summed E-state index contributed by atoms with van der Waals surface area (Å²) in [4.78, 5) is 16.9. The minimum atomic E-state index is 0.170. The van der Waals surface area contributed by atoms with E-state index >= 15 is 0 Å². The van der Waals surface area contributed by atoms with Crippen molar-refractivity contribution in [3.05, 3.63) is 58.7 Å². The smallest absolute Gasteiger partial charge is 0.241 e. The van der Waals surface area contributed by atoms with Crippen molar-refractivity contribution in [2.45, 2.75) is 27.7 Å². The Morgan fingerprint density at radius 1 is 0.923 bits per heavy atom. The summed E-state index contributed by atoms with van der Waals surface area (Å²) in [5.41, 5.74) is 7.47. The lowest BCUT2D eigenvalue weighted by atomic mass is 10.1. The van der Waals surface area contributed by atoms with Gasteiger partial charge in [-0.1, -0.05) is 18.2 Å². The summed E-state index contributed by atoms with van der Waals surface area (Å²) in [6.45, 7) is 12.2. The maximum Gasteiger partial charge on any atom is 0.241 e. The molecule has 0 aliphatic carbocycles. The van der Waals surface area contributed by atoms with Crippen LogP contribution in [0.5, 0.6) is 0 Å². The Bertz CT molecular complexity index is 792. The van der Waals surface area contributed by atoms with Crippen LogP contribution in [0.3, 0.4) is 0 Å². The third-order valence-electron chi connectivity index (χ3n) is 5.50. The van der Waals surface area contributed by atoms with Crippen LogP contribution in [0.25, 0.3) is 0 Å². The summed E-state index contributed by atoms with van der Waals surface area (Å²) < 4.78 is 0. The number of rotatable bonds is 4. The Morgan fingerprint density at radius 3 is 2.35 bits per heavy atom. The first-order valence-corrected chi connectivity index (χ1v) is 9.36. The summed E-state index contributed by atoms with van der Waals surface area (Å²) in [5.74, 6) is 0.170. The predicted molar refractivity (Wildman–Crippen MR) is 109 cm³/mol. The lowest BCUT2D eigenvalue weighted by Crippen LogP contribution is -2.50. The van der Waals surface area contributed by atoms with E-state index in [-0.39, 0.29) is 5.91 Å². The molecule has 2 aromatic carbocycles. The molecule has 0 radical (unpaired) electrons. The van der Waals surface area contributed by atoms with Crippen LogP contribution >= 0.6 is 0 Å². The van der Waals surface area contributed by atoms with Gasteiger partial charge in [-0.3, -0.25) is 4.79 Å². The van der Waals surface area contributed by atoms with Gasteiger partial charge in [0.05, 0.1) is 6.54 Å². The van der Waals surface area contributed by atoms with Crippen molar-refractivity contribution in [1.29, 1.82) is 0 Å². The van der Waals surface area contributed by atoms with Gasteiger partial charge < -0.3 is 15.1 Å². The molecule has 1 aliphatic rings. The van der Waals surface area contributed by atoms with Crippen LogP contribution in [0, 0.1) is 27.7 Å². The molecular weight excluding hydrogens is 322 g/mol. The number of hydrogen-bond acceptors (Lipinski definition) is 3. The summed E-state index contributed by atoms with van der Waals surface area (Å²) in [6.07, 6.45) is 0. The highest BCUT2D eigenvalue weighted by atomic mass is 16.2. The van der Waals surface area contributed by atoms with E-state index in [1.165, 1.54) is 27.9 Å². The number of anilines is 2. The highest BCUT2D eigenvalue weighted by molar-refractivity contribution is 5.81. The molecule has 1 fully saturated rings. The largest absolute Gasteiger partial charge is 0.376 e. The van der Waals surface area contributed by atoms with Gasteiger partial charge in [0.1, 0.15) is 0 Å². The summed E-state index contributed by atoms with van der Waals surface area (Å²) >= 11 is 0. The van der Waals surface area contributed by atoms with E-state index in [1.54, 1.807) is 0 Å². The van der Waals surface area contributed by atoms with E-state index < -0.39 is 0 Å². The van der Waals surface area contributed by atoms with Crippen molar-refractivity contribution in [2.75, 3.05) is 42.9 Å². The summed E-state index contributed by atoms with van der Waals surface area (Å²) in [7, 11) is 0. The van der Waals surface area contributed by atoms with Gasteiger partial charge in [-0.2, -0.15) is 0 Å². The van der Waals surface area contributed by atoms with Crippen LogP contribution < -0.4 is 10.2 Å². The van der Waals surface area contributed by atoms with Crippen LogP contribution in [0.1, 0.15) is 22.3 Å². The van der Waals surface area contributed by atoms with Crippen LogP contribution in [-0.4, -0.2) is 43.5 Å². The van der Waals surface area contributed by atoms with Crippen LogP contribution in [0.15, 0.2) is 36.4 Å². The molecule has 0 spiro atoms. The van der Waals surface area contributed by atoms with Crippen LogP contribution in [-0.2, 0) is 4.79 Å². The molecule has 1 saturated heterocycles. The first-order valence-electron chi connectivity index (χ1n) is 9.36. The van der Waals surface area contributed by atoms with Gasteiger partial charge in [0.15, 0.2) is 0 Å². The van der Waals surface area contributed by atoms with Crippen molar-refractivity contribution >= 4 is 17.3 Å². The molecule has 4 heteroatoms. The van der Waals surface area contributed by atoms with Gasteiger partial charge in [-0.05, 0) is 68.1 Å². The Hall–Kier alpha value is -2.49. The minimum Gasteiger partial charge on any atom is -0.376 e. The average Bonchev–Trinajstić information content (AvgIpc) is 2.65. The standard InChI is InChI=1S/C22H29N3O/c1-16-8-9-20(14-18(16)3)23-15-22(26)25-12-10-24(11-13-25)21-7-5-6-17(2)19(21)4/h5-9,14,23H,10-13,15H2,1-4H3. The third-order valence-corrected chi connectivity index (χ3v) is 5.50. The Balaban J connectivity index is 1.53. The van der Waals surface area contributed by atoms with E-state index in [0.717, 1.165) is 31.9 Å². The zero-order chi connectivity index (χ0) is 18.7. The van der Waals surface area contributed by atoms with Gasteiger partial charge in [0.25, 0.3) is 0 Å². The Labute approximate surface area is 156 Å². The van der Waals surface area contributed by atoms with Crippen LogP contribution in [0.4, 0.5) is 11.4 Å². The molecule has 138 valence electrons. The number of benzene rings is 2. The zero-order valence-electron chi connectivity index (χ0n) is 16.3. The van der Waals surface area contributed by atoms with Gasteiger partial charge in [-0.25, -0.2) is 0 Å². The molecule has 1 amide bonds. The van der Waals surface area contributed by atoms with Gasteiger partial charge in [-0.15, -0.1) is 0 Å². The molecular formula is C22H29N3O. The second-order valence-electron chi connectivity index (χ2n) is 7.24. The second kappa shape index (κ2) is 7.81. The Kier molecular flexibility index (Phi) is 5.50. The maximum atomic E-state index is 12.5. The van der Waals surface area contributed by atoms with E-state index in [4.69, 9.17) is 0 Å². The summed E-state index contributed by atoms with van der Waals surface area (Å²) in [6, 6.07) is 12.7. The quantitative estimate of drug-likeness (QED) is 0.913. The first-order chi connectivity index (χ1) is 12.5. The number of hydrogen-bond donors (Lipinski definition) is 1. The molecule has 0 aromatic heterocycles. The van der Waals surface area contributed by atoms with Crippen molar-refractivity contribution in [1.82, 2.24) is 4.90 Å². The molecule has 2 aromatic rings. The molecule has 1 aliphatic heterocycles. The monoisotopic (exact) mass is 351 g/mol. The number of nitrogens with one attached hydrogen (secondary N) is 1. The topological polar surface area (TPSA) is 35.6 Å². The molecule has 0 atom stereocenters. The van der Waals surface area contributed by atoms with Gasteiger partial charge >= 0.3 is 0 Å². The van der Waals surface area contributed by atoms with Gasteiger partial charge in [0.2, 0.25) is 5.91 Å². The number of nitrogens with zero attached hydrogens (tertiary/aromatic N) is 2. The number of carbonyl (C=O) groups is 1. The Morgan fingerprint density at radius 2 is 1.65 bits per heavy atom. The fraction of sp³-hybridized carbons (Fsp3) is 0.409. The van der Waals surface area contributed by atoms with Crippen LogP contribution in [0.2, 0.25) is 0 Å². The fourth-order valence-corrected chi connectivity index (χ4v) is 3.42. The predicted octanol–water partition coefficient (Wildman–Crippen LogP) is 3.68. The molecule has 4 nitrogen and oxygen atoms in total. The molecule has 0 unspecified atom stereocenters. The fourth-order valence-electron chi connectivity index (χ4n) is 3.42. The first kappa shape index (κ1) is 18.3. The SMILES string of the molecule is Cc1ccc(NCC(=O)N2CCN(c3cccc(C)c3C)CC2)cc1C. The van der Waals surface area contributed by atoms with Crippen molar-refractivity contribution < 1.29 is 4.79 Å². The lowest BCUT2D eigenvalue weighted by molar-refractivity contribution is -0.129. The normalized spacial score (nSPS) is 14.5. The zero-order valence-corrected chi connectivity index (χ0v) is 16.3. The number of piperazine rings is 1. The minimum absolute atomic E-state index is 0.170. The van der Waals surface area contributed by atoms with Crippen molar-refractivity contribution in [3.8, 4) is 0 Å². The van der Waals surface area contributed by atoms with Crippen molar-refractivity contribution in [3.63, 3.8) is 0 Å². The van der Waals surface area contributed by atoms with Crippen molar-refractivity contribution in [2.24, 2.45) is 0 Å². The van der Waals surface area contributed by atoms with E-state index in [0.29, 0.717) is 6.54 Å². The highest BCUT2D eigenvalue weighted by Crippen LogP contribution is 2.24. The number of aryl methyl sites for hydroxylation is 3. The second-order valence-corrected chi connectivity index (χ2v) is 7.24. The summed E-state index contributed by atoms with van der Waals surface area (Å²) in [5, 5.41) is 3.26. The highest BCUT2D eigenvalue weighted by Gasteiger charge is 2.22. The maximum absolute atomic E-state index is 12.5. The number of amides is 1. The van der Waals surface area contributed by atoms with E-state index in [1.807, 2.05) is 11.0 Å². The average molecular weight is 351 g/mol. The lowest BCUT2D eigenvalue weighted by Gasteiger charge is -2.37. The number of carbonyl (C=O) groups excluding carboxylic acids is 1. The molecule has 3 rings (SSSR count). The molecule has 0 saturated carbocycles. The molecule has 26 heavy (non-hydrogen) atoms.